The first-order valence-electron chi connectivity index (χ1n) is 5.54. The molecule has 0 aliphatic rings. The van der Waals surface area contributed by atoms with Gasteiger partial charge in [-0.2, -0.15) is 0 Å². The smallest absolute Gasteiger partial charge is 0.226 e. The van der Waals surface area contributed by atoms with Crippen LogP contribution in [0.4, 0.5) is 0 Å². The van der Waals surface area contributed by atoms with Gasteiger partial charge in [0, 0.05) is 18.5 Å². The predicted molar refractivity (Wildman–Crippen MR) is 69.9 cm³/mol. The van der Waals surface area contributed by atoms with Crippen molar-refractivity contribution in [1.29, 1.82) is 0 Å². The fraction of sp³-hybridized carbons (Fsp3) is 0.462. The van der Waals surface area contributed by atoms with Crippen LogP contribution in [-0.4, -0.2) is 30.7 Å². The van der Waals surface area contributed by atoms with E-state index in [0.29, 0.717) is 6.42 Å². The van der Waals surface area contributed by atoms with Crippen LogP contribution in [0.5, 0.6) is 0 Å². The first-order valence-corrected chi connectivity index (χ1v) is 6.76. The van der Waals surface area contributed by atoms with Gasteiger partial charge < -0.3 is 4.90 Å². The zero-order valence-electron chi connectivity index (χ0n) is 10.2. The molecule has 16 heavy (non-hydrogen) atoms. The summed E-state index contributed by atoms with van der Waals surface area (Å²) >= 11 is 1.72. The molecule has 1 aromatic carbocycles. The van der Waals surface area contributed by atoms with Gasteiger partial charge in [-0.1, -0.05) is 19.1 Å². The molecule has 1 aromatic rings. The molecule has 0 aromatic heterocycles. The van der Waals surface area contributed by atoms with Gasteiger partial charge in [0.15, 0.2) is 0 Å². The summed E-state index contributed by atoms with van der Waals surface area (Å²) in [7, 11) is 1.86. The summed E-state index contributed by atoms with van der Waals surface area (Å²) < 4.78 is 0. The van der Waals surface area contributed by atoms with Gasteiger partial charge in [-0.25, -0.2) is 0 Å². The Bertz CT molecular complexity index is 334. The third-order valence-corrected chi connectivity index (χ3v) is 3.24. The lowest BCUT2D eigenvalue weighted by Gasteiger charge is -2.15. The summed E-state index contributed by atoms with van der Waals surface area (Å²) in [5, 5.41) is 0. The average Bonchev–Trinajstić information content (AvgIpc) is 2.30. The van der Waals surface area contributed by atoms with Crippen molar-refractivity contribution >= 4 is 17.7 Å². The van der Waals surface area contributed by atoms with Gasteiger partial charge in [-0.05, 0) is 30.4 Å². The molecule has 1 amide bonds. The summed E-state index contributed by atoms with van der Waals surface area (Å²) in [6.07, 6.45) is 3.56. The molecule has 0 saturated carbocycles. The number of carbonyl (C=O) groups is 1. The molecule has 0 bridgehead atoms. The minimum Gasteiger partial charge on any atom is -0.345 e. The van der Waals surface area contributed by atoms with Crippen LogP contribution in [0.15, 0.2) is 29.2 Å². The highest BCUT2D eigenvalue weighted by atomic mass is 32.2. The molecule has 0 aliphatic carbocycles. The van der Waals surface area contributed by atoms with E-state index in [2.05, 4.69) is 25.3 Å². The van der Waals surface area contributed by atoms with Gasteiger partial charge in [0.1, 0.15) is 0 Å². The second kappa shape index (κ2) is 6.59. The monoisotopic (exact) mass is 237 g/mol. The number of thioether (sulfide) groups is 1. The summed E-state index contributed by atoms with van der Waals surface area (Å²) in [5.41, 5.74) is 1.09. The summed E-state index contributed by atoms with van der Waals surface area (Å²) in [5.74, 6) is 0.193. The molecular formula is C13H19NOS. The van der Waals surface area contributed by atoms with Gasteiger partial charge in [0.25, 0.3) is 0 Å². The first-order chi connectivity index (χ1) is 7.67. The molecule has 1 rings (SSSR count). The normalized spacial score (nSPS) is 10.2. The van der Waals surface area contributed by atoms with Gasteiger partial charge >= 0.3 is 0 Å². The van der Waals surface area contributed by atoms with E-state index < -0.39 is 0 Å². The summed E-state index contributed by atoms with van der Waals surface area (Å²) in [6.45, 7) is 2.92. The van der Waals surface area contributed by atoms with Gasteiger partial charge in [0.05, 0.1) is 6.42 Å². The van der Waals surface area contributed by atoms with Crippen LogP contribution in [0.3, 0.4) is 0 Å². The molecule has 0 fully saturated rings. The molecule has 0 radical (unpaired) electrons. The highest BCUT2D eigenvalue weighted by Gasteiger charge is 2.08. The molecule has 3 heteroatoms. The fourth-order valence-corrected chi connectivity index (χ4v) is 1.92. The number of hydrogen-bond acceptors (Lipinski definition) is 2. The lowest BCUT2D eigenvalue weighted by molar-refractivity contribution is -0.129. The van der Waals surface area contributed by atoms with Crippen molar-refractivity contribution in [1.82, 2.24) is 4.90 Å². The Morgan fingerprint density at radius 1 is 1.31 bits per heavy atom. The minimum absolute atomic E-state index is 0.193. The van der Waals surface area contributed by atoms with E-state index in [4.69, 9.17) is 0 Å². The number of hydrogen-bond donors (Lipinski definition) is 0. The third-order valence-electron chi connectivity index (χ3n) is 2.50. The molecule has 0 saturated heterocycles. The highest BCUT2D eigenvalue weighted by Crippen LogP contribution is 2.15. The second-order valence-electron chi connectivity index (χ2n) is 3.84. The second-order valence-corrected chi connectivity index (χ2v) is 4.72. The number of likely N-dealkylation sites (N-methyl/N-ethyl adjacent to an activating group) is 1. The molecule has 0 aliphatic heterocycles. The van der Waals surface area contributed by atoms with E-state index in [1.807, 2.05) is 19.2 Å². The maximum absolute atomic E-state index is 11.8. The number of rotatable bonds is 5. The van der Waals surface area contributed by atoms with Crippen molar-refractivity contribution in [2.45, 2.75) is 24.7 Å². The van der Waals surface area contributed by atoms with E-state index >= 15 is 0 Å². The minimum atomic E-state index is 0.193. The van der Waals surface area contributed by atoms with E-state index in [-0.39, 0.29) is 5.91 Å². The molecule has 2 nitrogen and oxygen atoms in total. The number of benzene rings is 1. The van der Waals surface area contributed by atoms with Crippen molar-refractivity contribution in [3.05, 3.63) is 29.8 Å². The van der Waals surface area contributed by atoms with Crippen LogP contribution in [0.1, 0.15) is 18.9 Å². The van der Waals surface area contributed by atoms with E-state index in [1.165, 1.54) is 4.90 Å². The molecule has 88 valence electrons. The van der Waals surface area contributed by atoms with Crippen LogP contribution >= 0.6 is 11.8 Å². The summed E-state index contributed by atoms with van der Waals surface area (Å²) in [6, 6.07) is 8.19. The molecule has 0 spiro atoms. The van der Waals surface area contributed by atoms with Gasteiger partial charge in [-0.3, -0.25) is 4.79 Å². The Balaban J connectivity index is 2.55. The molecule has 0 N–H and O–H groups in total. The van der Waals surface area contributed by atoms with Gasteiger partial charge in [-0.15, -0.1) is 11.8 Å². The Morgan fingerprint density at radius 2 is 1.94 bits per heavy atom. The topological polar surface area (TPSA) is 20.3 Å². The van der Waals surface area contributed by atoms with Crippen LogP contribution in [-0.2, 0) is 11.2 Å². The standard InChI is InChI=1S/C13H19NOS/c1-4-9-14(2)13(15)10-11-5-7-12(16-3)8-6-11/h5-8H,4,9-10H2,1-3H3. The first kappa shape index (κ1) is 13.1. The van der Waals surface area contributed by atoms with Crippen molar-refractivity contribution in [2.75, 3.05) is 19.8 Å². The molecule has 0 unspecified atom stereocenters. The van der Waals surface area contributed by atoms with E-state index in [1.54, 1.807) is 16.7 Å². The Morgan fingerprint density at radius 3 is 2.44 bits per heavy atom. The molecule has 0 atom stereocenters. The predicted octanol–water partition coefficient (Wildman–Crippen LogP) is 2.82. The molecular weight excluding hydrogens is 218 g/mol. The SMILES string of the molecule is CCCN(C)C(=O)Cc1ccc(SC)cc1. The maximum atomic E-state index is 11.8. The van der Waals surface area contributed by atoms with E-state index in [9.17, 15) is 4.79 Å². The quantitative estimate of drug-likeness (QED) is 0.734. The van der Waals surface area contributed by atoms with Crippen LogP contribution in [0.25, 0.3) is 0 Å². The van der Waals surface area contributed by atoms with Crippen molar-refractivity contribution in [3.8, 4) is 0 Å². The Labute approximate surface area is 102 Å². The van der Waals surface area contributed by atoms with Crippen molar-refractivity contribution in [2.24, 2.45) is 0 Å². The van der Waals surface area contributed by atoms with E-state index in [0.717, 1.165) is 18.5 Å². The fourth-order valence-electron chi connectivity index (χ4n) is 1.51. The average molecular weight is 237 g/mol. The van der Waals surface area contributed by atoms with Crippen LogP contribution < -0.4 is 0 Å². The highest BCUT2D eigenvalue weighted by molar-refractivity contribution is 7.98. The van der Waals surface area contributed by atoms with Crippen molar-refractivity contribution in [3.63, 3.8) is 0 Å². The zero-order chi connectivity index (χ0) is 12.0. The number of amides is 1. The Kier molecular flexibility index (Phi) is 5.39. The number of nitrogens with zero attached hydrogens (tertiary/aromatic N) is 1. The lowest BCUT2D eigenvalue weighted by Crippen LogP contribution is -2.28. The Hall–Kier alpha value is -0.960. The van der Waals surface area contributed by atoms with Crippen molar-refractivity contribution < 1.29 is 4.79 Å². The maximum Gasteiger partial charge on any atom is 0.226 e. The zero-order valence-corrected chi connectivity index (χ0v) is 11.0. The number of carbonyl (C=O) groups excluding carboxylic acids is 1. The van der Waals surface area contributed by atoms with Crippen LogP contribution in [0.2, 0.25) is 0 Å². The summed E-state index contributed by atoms with van der Waals surface area (Å²) in [4.78, 5) is 14.8. The third kappa shape index (κ3) is 3.89. The largest absolute Gasteiger partial charge is 0.345 e. The lowest BCUT2D eigenvalue weighted by atomic mass is 10.1. The van der Waals surface area contributed by atoms with Gasteiger partial charge in [0.2, 0.25) is 5.91 Å². The molecule has 0 heterocycles. The van der Waals surface area contributed by atoms with Crippen LogP contribution in [0, 0.1) is 0 Å².